The minimum Gasteiger partial charge on any atom is -0.468 e. The van der Waals surface area contributed by atoms with E-state index in [1.165, 1.54) is 19.1 Å². The van der Waals surface area contributed by atoms with Gasteiger partial charge in [-0.1, -0.05) is 0 Å². The second kappa shape index (κ2) is 5.06. The summed E-state index contributed by atoms with van der Waals surface area (Å²) in [6.07, 6.45) is -5.09. The summed E-state index contributed by atoms with van der Waals surface area (Å²) in [6.45, 7) is -0.314. The molecule has 6 heteroatoms. The number of carbonyl (C=O) groups is 1. The van der Waals surface area contributed by atoms with Gasteiger partial charge >= 0.3 is 12.1 Å². The van der Waals surface area contributed by atoms with Crippen LogP contribution >= 0.6 is 0 Å². The standard InChI is InChI=1S/C7H12F3NO2/c1-11(5-6(12)13-2)4-3-7(8,9)10/h3-5H2,1-2H3. The third kappa shape index (κ3) is 7.58. The van der Waals surface area contributed by atoms with Gasteiger partial charge in [-0.15, -0.1) is 0 Å². The average Bonchev–Trinajstić information content (AvgIpc) is 1.99. The molecule has 0 radical (unpaired) electrons. The van der Waals surface area contributed by atoms with Crippen LogP contribution in [0.2, 0.25) is 0 Å². The summed E-state index contributed by atoms with van der Waals surface area (Å²) in [5.74, 6) is -0.537. The summed E-state index contributed by atoms with van der Waals surface area (Å²) in [4.78, 5) is 11.9. The molecule has 0 aromatic heterocycles. The fourth-order valence-electron chi connectivity index (χ4n) is 0.682. The van der Waals surface area contributed by atoms with Crippen LogP contribution < -0.4 is 0 Å². The Morgan fingerprint density at radius 1 is 1.46 bits per heavy atom. The number of esters is 1. The quantitative estimate of drug-likeness (QED) is 0.633. The van der Waals surface area contributed by atoms with E-state index in [1.807, 2.05) is 0 Å². The van der Waals surface area contributed by atoms with E-state index in [9.17, 15) is 18.0 Å². The number of ether oxygens (including phenoxy) is 1. The van der Waals surface area contributed by atoms with Crippen LogP contribution in [-0.2, 0) is 9.53 Å². The predicted octanol–water partition coefficient (Wildman–Crippen LogP) is 1.04. The van der Waals surface area contributed by atoms with Crippen molar-refractivity contribution < 1.29 is 22.7 Å². The number of hydrogen-bond acceptors (Lipinski definition) is 3. The summed E-state index contributed by atoms with van der Waals surface area (Å²) in [7, 11) is 2.63. The van der Waals surface area contributed by atoms with E-state index in [0.717, 1.165) is 0 Å². The number of hydrogen-bond donors (Lipinski definition) is 0. The summed E-state index contributed by atoms with van der Waals surface area (Å²) in [6, 6.07) is 0. The molecular weight excluding hydrogens is 187 g/mol. The molecule has 0 bridgehead atoms. The van der Waals surface area contributed by atoms with E-state index in [1.54, 1.807) is 0 Å². The lowest BCUT2D eigenvalue weighted by Gasteiger charge is -2.15. The van der Waals surface area contributed by atoms with E-state index >= 15 is 0 Å². The molecular formula is C7H12F3NO2. The molecule has 0 aromatic rings. The highest BCUT2D eigenvalue weighted by molar-refractivity contribution is 5.71. The Bertz CT molecular complexity index is 170. The lowest BCUT2D eigenvalue weighted by Crippen LogP contribution is -2.30. The molecule has 3 nitrogen and oxygen atoms in total. The highest BCUT2D eigenvalue weighted by Gasteiger charge is 2.27. The fraction of sp³-hybridized carbons (Fsp3) is 0.857. The first-order valence-electron chi connectivity index (χ1n) is 3.67. The van der Waals surface area contributed by atoms with Crippen molar-refractivity contribution in [2.45, 2.75) is 12.6 Å². The molecule has 0 saturated heterocycles. The van der Waals surface area contributed by atoms with Crippen LogP contribution in [0.25, 0.3) is 0 Å². The predicted molar refractivity (Wildman–Crippen MR) is 40.2 cm³/mol. The van der Waals surface area contributed by atoms with Crippen LogP contribution in [0, 0.1) is 0 Å². The number of likely N-dealkylation sites (N-methyl/N-ethyl adjacent to an activating group) is 1. The van der Waals surface area contributed by atoms with Crippen LogP contribution in [0.5, 0.6) is 0 Å². The minimum atomic E-state index is -4.18. The molecule has 0 N–H and O–H groups in total. The molecule has 0 heterocycles. The Morgan fingerprint density at radius 2 is 2.00 bits per heavy atom. The normalized spacial score (nSPS) is 11.8. The average molecular weight is 199 g/mol. The maximum atomic E-state index is 11.7. The van der Waals surface area contributed by atoms with Crippen LogP contribution in [0.3, 0.4) is 0 Å². The van der Waals surface area contributed by atoms with Gasteiger partial charge in [0.25, 0.3) is 0 Å². The monoisotopic (exact) mass is 199 g/mol. The third-order valence-electron chi connectivity index (χ3n) is 1.40. The van der Waals surface area contributed by atoms with Crippen molar-refractivity contribution >= 4 is 5.97 Å². The zero-order chi connectivity index (χ0) is 10.5. The van der Waals surface area contributed by atoms with Gasteiger partial charge in [-0.2, -0.15) is 13.2 Å². The van der Waals surface area contributed by atoms with E-state index < -0.39 is 18.6 Å². The van der Waals surface area contributed by atoms with Gasteiger partial charge in [0.15, 0.2) is 0 Å². The largest absolute Gasteiger partial charge is 0.468 e. The Balaban J connectivity index is 3.63. The van der Waals surface area contributed by atoms with E-state index in [4.69, 9.17) is 0 Å². The molecule has 0 aromatic carbocycles. The van der Waals surface area contributed by atoms with Crippen LogP contribution in [0.15, 0.2) is 0 Å². The van der Waals surface area contributed by atoms with Crippen molar-refractivity contribution in [1.82, 2.24) is 4.90 Å². The Hall–Kier alpha value is -0.780. The molecule has 0 spiro atoms. The van der Waals surface area contributed by atoms with E-state index in [0.29, 0.717) is 0 Å². The molecule has 13 heavy (non-hydrogen) atoms. The zero-order valence-electron chi connectivity index (χ0n) is 7.52. The van der Waals surface area contributed by atoms with Crippen LogP contribution in [0.1, 0.15) is 6.42 Å². The van der Waals surface area contributed by atoms with Crippen LogP contribution in [-0.4, -0.2) is 44.3 Å². The number of nitrogens with zero attached hydrogens (tertiary/aromatic N) is 1. The van der Waals surface area contributed by atoms with Gasteiger partial charge in [-0.25, -0.2) is 0 Å². The van der Waals surface area contributed by atoms with Crippen molar-refractivity contribution in [3.05, 3.63) is 0 Å². The summed E-state index contributed by atoms with van der Waals surface area (Å²) >= 11 is 0. The molecule has 0 rings (SSSR count). The number of halogens is 3. The van der Waals surface area contributed by atoms with Crippen LogP contribution in [0.4, 0.5) is 13.2 Å². The first kappa shape index (κ1) is 12.2. The van der Waals surface area contributed by atoms with Gasteiger partial charge in [-0.05, 0) is 7.05 Å². The maximum absolute atomic E-state index is 11.7. The Labute approximate surface area is 74.5 Å². The van der Waals surface area contributed by atoms with Crippen molar-refractivity contribution in [2.24, 2.45) is 0 Å². The molecule has 0 aliphatic rings. The van der Waals surface area contributed by atoms with Crippen molar-refractivity contribution in [3.8, 4) is 0 Å². The SMILES string of the molecule is COC(=O)CN(C)CCC(F)(F)F. The number of methoxy groups -OCH3 is 1. The van der Waals surface area contributed by atoms with Gasteiger partial charge in [0, 0.05) is 6.54 Å². The van der Waals surface area contributed by atoms with Gasteiger partial charge < -0.3 is 4.74 Å². The summed E-state index contributed by atoms with van der Waals surface area (Å²) in [5.41, 5.74) is 0. The van der Waals surface area contributed by atoms with Crippen molar-refractivity contribution in [3.63, 3.8) is 0 Å². The number of alkyl halides is 3. The lowest BCUT2D eigenvalue weighted by molar-refractivity contribution is -0.146. The molecule has 0 fully saturated rings. The molecule has 0 saturated carbocycles. The zero-order valence-corrected chi connectivity index (χ0v) is 7.52. The molecule has 0 unspecified atom stereocenters. The smallest absolute Gasteiger partial charge is 0.390 e. The van der Waals surface area contributed by atoms with Crippen molar-refractivity contribution in [2.75, 3.05) is 27.2 Å². The van der Waals surface area contributed by atoms with E-state index in [-0.39, 0.29) is 13.1 Å². The van der Waals surface area contributed by atoms with Gasteiger partial charge in [0.2, 0.25) is 0 Å². The molecule has 78 valence electrons. The minimum absolute atomic E-state index is 0.118. The molecule has 0 aliphatic heterocycles. The molecule has 0 atom stereocenters. The van der Waals surface area contributed by atoms with Gasteiger partial charge in [0.1, 0.15) is 0 Å². The van der Waals surface area contributed by atoms with Gasteiger partial charge in [0.05, 0.1) is 20.1 Å². The second-order valence-electron chi connectivity index (χ2n) is 2.68. The van der Waals surface area contributed by atoms with Gasteiger partial charge in [-0.3, -0.25) is 9.69 Å². The topological polar surface area (TPSA) is 29.5 Å². The summed E-state index contributed by atoms with van der Waals surface area (Å²) in [5, 5.41) is 0. The van der Waals surface area contributed by atoms with E-state index in [2.05, 4.69) is 4.74 Å². The molecule has 0 amide bonds. The first-order valence-corrected chi connectivity index (χ1v) is 3.67. The lowest BCUT2D eigenvalue weighted by atomic mass is 10.4. The maximum Gasteiger partial charge on any atom is 0.390 e. The third-order valence-corrected chi connectivity index (χ3v) is 1.40. The Morgan fingerprint density at radius 3 is 2.38 bits per heavy atom. The highest BCUT2D eigenvalue weighted by atomic mass is 19.4. The summed E-state index contributed by atoms with van der Waals surface area (Å²) < 4.78 is 39.4. The number of rotatable bonds is 4. The first-order chi connectivity index (χ1) is 5.85. The fourth-order valence-corrected chi connectivity index (χ4v) is 0.682. The number of carbonyl (C=O) groups excluding carboxylic acids is 1. The second-order valence-corrected chi connectivity index (χ2v) is 2.68. The Kier molecular flexibility index (Phi) is 4.76. The highest BCUT2D eigenvalue weighted by Crippen LogP contribution is 2.19. The van der Waals surface area contributed by atoms with Crippen molar-refractivity contribution in [1.29, 1.82) is 0 Å². The molecule has 0 aliphatic carbocycles.